The van der Waals surface area contributed by atoms with Crippen LogP contribution in [0.25, 0.3) is 0 Å². The van der Waals surface area contributed by atoms with Crippen molar-refractivity contribution in [3.05, 3.63) is 15.9 Å². The highest BCUT2D eigenvalue weighted by Gasteiger charge is 2.22. The molecule has 1 aromatic heterocycles. The van der Waals surface area contributed by atoms with E-state index in [2.05, 4.69) is 31.7 Å². The Morgan fingerprint density at radius 1 is 1.53 bits per heavy atom. The van der Waals surface area contributed by atoms with E-state index in [-0.39, 0.29) is 5.91 Å². The minimum atomic E-state index is 0.182. The Balaban J connectivity index is 1.62. The van der Waals surface area contributed by atoms with E-state index < -0.39 is 0 Å². The molecule has 1 aliphatic carbocycles. The highest BCUT2D eigenvalue weighted by atomic mass is 79.9. The van der Waals surface area contributed by atoms with Crippen molar-refractivity contribution in [1.29, 1.82) is 0 Å². The molecule has 2 rings (SSSR count). The lowest BCUT2D eigenvalue weighted by molar-refractivity contribution is -0.121. The minimum absolute atomic E-state index is 0.182. The number of halogens is 1. The molecule has 1 amide bonds. The van der Waals surface area contributed by atoms with E-state index in [1.807, 2.05) is 18.7 Å². The topological polar surface area (TPSA) is 59.0 Å². The fourth-order valence-electron chi connectivity index (χ4n) is 1.98. The van der Waals surface area contributed by atoms with Crippen molar-refractivity contribution >= 4 is 21.8 Å². The maximum Gasteiger partial charge on any atom is 0.220 e. The van der Waals surface area contributed by atoms with Crippen LogP contribution in [0.3, 0.4) is 0 Å². The van der Waals surface area contributed by atoms with Crippen molar-refractivity contribution in [2.24, 2.45) is 7.05 Å². The number of hydrogen-bond donors (Lipinski definition) is 2. The molecule has 0 atom stereocenters. The van der Waals surface area contributed by atoms with Gasteiger partial charge in [0.25, 0.3) is 0 Å². The second-order valence-electron chi connectivity index (χ2n) is 5.09. The second-order valence-corrected chi connectivity index (χ2v) is 5.88. The van der Waals surface area contributed by atoms with Gasteiger partial charge in [0.05, 0.1) is 15.9 Å². The highest BCUT2D eigenvalue weighted by Crippen LogP contribution is 2.20. The Morgan fingerprint density at radius 3 is 2.84 bits per heavy atom. The van der Waals surface area contributed by atoms with Crippen LogP contribution in [-0.4, -0.2) is 28.3 Å². The number of aryl methyl sites for hydroxylation is 2. The van der Waals surface area contributed by atoms with Crippen LogP contribution in [0.5, 0.6) is 0 Å². The summed E-state index contributed by atoms with van der Waals surface area (Å²) < 4.78 is 2.95. The van der Waals surface area contributed by atoms with Gasteiger partial charge in [0.1, 0.15) is 0 Å². The number of nitrogens with zero attached hydrogens (tertiary/aromatic N) is 2. The molecule has 0 saturated heterocycles. The van der Waals surface area contributed by atoms with Gasteiger partial charge in [-0.3, -0.25) is 9.48 Å². The molecule has 6 heteroatoms. The predicted molar refractivity (Wildman–Crippen MR) is 77.8 cm³/mol. The molecule has 0 radical (unpaired) electrons. The first-order valence-electron chi connectivity index (χ1n) is 6.76. The largest absolute Gasteiger partial charge is 0.353 e. The Morgan fingerprint density at radius 2 is 2.26 bits per heavy atom. The molecule has 0 unspecified atom stereocenters. The fourth-order valence-corrected chi connectivity index (χ4v) is 2.46. The first-order chi connectivity index (χ1) is 9.08. The number of rotatable bonds is 7. The molecule has 106 valence electrons. The third-order valence-electron chi connectivity index (χ3n) is 3.25. The summed E-state index contributed by atoms with van der Waals surface area (Å²) >= 11 is 3.54. The van der Waals surface area contributed by atoms with Crippen molar-refractivity contribution in [1.82, 2.24) is 20.4 Å². The molecule has 0 aromatic carbocycles. The average molecular weight is 329 g/mol. The molecule has 19 heavy (non-hydrogen) atoms. The fraction of sp³-hybridized carbons (Fsp3) is 0.692. The maximum absolute atomic E-state index is 11.5. The van der Waals surface area contributed by atoms with E-state index in [0.29, 0.717) is 12.5 Å². The lowest BCUT2D eigenvalue weighted by Crippen LogP contribution is -2.26. The molecule has 1 aromatic rings. The zero-order valence-corrected chi connectivity index (χ0v) is 13.1. The quantitative estimate of drug-likeness (QED) is 0.748. The van der Waals surface area contributed by atoms with Crippen LogP contribution in [0.1, 0.15) is 37.1 Å². The van der Waals surface area contributed by atoms with Gasteiger partial charge in [0.2, 0.25) is 5.91 Å². The van der Waals surface area contributed by atoms with Gasteiger partial charge in [0.15, 0.2) is 0 Å². The summed E-state index contributed by atoms with van der Waals surface area (Å²) in [6.45, 7) is 3.59. The van der Waals surface area contributed by atoms with Gasteiger partial charge in [-0.1, -0.05) is 0 Å². The standard InChI is InChI=1S/C13H21BrN4O/c1-9-13(14)11(18(2)17-9)8-15-7-3-4-12(19)16-10-5-6-10/h10,15H,3-8H2,1-2H3,(H,16,19). The van der Waals surface area contributed by atoms with E-state index in [0.717, 1.165) is 48.2 Å². The number of carbonyl (C=O) groups is 1. The number of nitrogens with one attached hydrogen (secondary N) is 2. The van der Waals surface area contributed by atoms with Crippen LogP contribution >= 0.6 is 15.9 Å². The first kappa shape index (κ1) is 14.5. The Kier molecular flexibility index (Phi) is 4.99. The average Bonchev–Trinajstić information content (AvgIpc) is 3.12. The zero-order valence-electron chi connectivity index (χ0n) is 11.5. The Hall–Kier alpha value is -0.880. The third kappa shape index (κ3) is 4.31. The van der Waals surface area contributed by atoms with E-state index in [1.54, 1.807) is 0 Å². The summed E-state index contributed by atoms with van der Waals surface area (Å²) in [6.07, 6.45) is 3.78. The number of amides is 1. The lowest BCUT2D eigenvalue weighted by atomic mass is 10.3. The minimum Gasteiger partial charge on any atom is -0.353 e. The van der Waals surface area contributed by atoms with Crippen molar-refractivity contribution in [2.75, 3.05) is 6.54 Å². The van der Waals surface area contributed by atoms with Crippen LogP contribution < -0.4 is 10.6 Å². The van der Waals surface area contributed by atoms with Crippen LogP contribution in [0.15, 0.2) is 4.47 Å². The van der Waals surface area contributed by atoms with Crippen LogP contribution in [-0.2, 0) is 18.4 Å². The summed E-state index contributed by atoms with van der Waals surface area (Å²) in [5, 5.41) is 10.7. The monoisotopic (exact) mass is 328 g/mol. The predicted octanol–water partition coefficient (Wildman–Crippen LogP) is 1.64. The van der Waals surface area contributed by atoms with Crippen molar-refractivity contribution < 1.29 is 4.79 Å². The normalized spacial score (nSPS) is 14.7. The summed E-state index contributed by atoms with van der Waals surface area (Å²) in [5.41, 5.74) is 2.14. The number of aromatic nitrogens is 2. The molecule has 0 bridgehead atoms. The van der Waals surface area contributed by atoms with Crippen molar-refractivity contribution in [3.63, 3.8) is 0 Å². The van der Waals surface area contributed by atoms with Gasteiger partial charge in [-0.2, -0.15) is 5.10 Å². The molecule has 0 aliphatic heterocycles. The molecule has 1 aliphatic rings. The maximum atomic E-state index is 11.5. The smallest absolute Gasteiger partial charge is 0.220 e. The molecule has 1 saturated carbocycles. The SMILES string of the molecule is Cc1nn(C)c(CNCCCC(=O)NC2CC2)c1Br. The van der Waals surface area contributed by atoms with E-state index in [1.165, 1.54) is 0 Å². The molecule has 1 heterocycles. The van der Waals surface area contributed by atoms with Crippen molar-refractivity contribution in [3.8, 4) is 0 Å². The Labute approximate surface area is 122 Å². The summed E-state index contributed by atoms with van der Waals surface area (Å²) in [4.78, 5) is 11.5. The molecule has 5 nitrogen and oxygen atoms in total. The van der Waals surface area contributed by atoms with E-state index >= 15 is 0 Å². The third-order valence-corrected chi connectivity index (χ3v) is 4.29. The van der Waals surface area contributed by atoms with Gasteiger partial charge in [-0.15, -0.1) is 0 Å². The molecular formula is C13H21BrN4O. The van der Waals surface area contributed by atoms with E-state index in [4.69, 9.17) is 0 Å². The second kappa shape index (κ2) is 6.52. The number of carbonyl (C=O) groups excluding carboxylic acids is 1. The summed E-state index contributed by atoms with van der Waals surface area (Å²) in [5.74, 6) is 0.182. The molecule has 0 spiro atoms. The van der Waals surface area contributed by atoms with Crippen LogP contribution in [0.4, 0.5) is 0 Å². The Bertz CT molecular complexity index is 454. The van der Waals surface area contributed by atoms with Gasteiger partial charge >= 0.3 is 0 Å². The molecule has 2 N–H and O–H groups in total. The van der Waals surface area contributed by atoms with Gasteiger partial charge in [-0.25, -0.2) is 0 Å². The lowest BCUT2D eigenvalue weighted by Gasteiger charge is -2.06. The summed E-state index contributed by atoms with van der Waals surface area (Å²) in [6, 6.07) is 0.467. The van der Waals surface area contributed by atoms with Gasteiger partial charge in [0, 0.05) is 26.1 Å². The zero-order chi connectivity index (χ0) is 13.8. The van der Waals surface area contributed by atoms with E-state index in [9.17, 15) is 4.79 Å². The number of hydrogen-bond acceptors (Lipinski definition) is 3. The van der Waals surface area contributed by atoms with Crippen LogP contribution in [0.2, 0.25) is 0 Å². The first-order valence-corrected chi connectivity index (χ1v) is 7.55. The van der Waals surface area contributed by atoms with Gasteiger partial charge in [-0.05, 0) is 48.7 Å². The molecule has 1 fully saturated rings. The highest BCUT2D eigenvalue weighted by molar-refractivity contribution is 9.10. The van der Waals surface area contributed by atoms with Crippen LogP contribution in [0, 0.1) is 6.92 Å². The van der Waals surface area contributed by atoms with Gasteiger partial charge < -0.3 is 10.6 Å². The molecular weight excluding hydrogens is 308 g/mol. The summed E-state index contributed by atoms with van der Waals surface area (Å²) in [7, 11) is 1.94. The van der Waals surface area contributed by atoms with Crippen molar-refractivity contribution in [2.45, 2.75) is 45.2 Å².